The van der Waals surface area contributed by atoms with Gasteiger partial charge in [0.25, 0.3) is 0 Å². The maximum Gasteiger partial charge on any atom is 0.123 e. The molecule has 0 spiro atoms. The number of hydrogen-bond acceptors (Lipinski definition) is 0. The van der Waals surface area contributed by atoms with Crippen molar-refractivity contribution in [3.8, 4) is 11.1 Å². The molecule has 0 saturated heterocycles. The van der Waals surface area contributed by atoms with Crippen molar-refractivity contribution in [3.63, 3.8) is 0 Å². The number of rotatable bonds is 1. The average molecular weight is 186 g/mol. The highest BCUT2D eigenvalue weighted by atomic mass is 19.1. The minimum absolute atomic E-state index is 0.193. The summed E-state index contributed by atoms with van der Waals surface area (Å²) in [5.74, 6) is -0.193. The first-order chi connectivity index (χ1) is 6.75. The average Bonchev–Trinajstić information content (AvgIpc) is 2.19. The van der Waals surface area contributed by atoms with E-state index in [0.717, 1.165) is 11.1 Å². The van der Waals surface area contributed by atoms with Crippen LogP contribution in [0.25, 0.3) is 11.1 Å². The number of halogens is 1. The van der Waals surface area contributed by atoms with Crippen LogP contribution in [-0.2, 0) is 0 Å². The van der Waals surface area contributed by atoms with Gasteiger partial charge in [-0.1, -0.05) is 42.0 Å². The smallest absolute Gasteiger partial charge is 0.123 e. The molecule has 0 heterocycles. The third-order valence-corrected chi connectivity index (χ3v) is 2.20. The summed E-state index contributed by atoms with van der Waals surface area (Å²) in [5, 5.41) is 0. The first-order valence-electron chi connectivity index (χ1n) is 4.58. The lowest BCUT2D eigenvalue weighted by atomic mass is 10.0. The Balaban J connectivity index is 2.44. The maximum absolute atomic E-state index is 12.7. The molecule has 2 aromatic rings. The highest BCUT2D eigenvalue weighted by Gasteiger charge is 1.97. The van der Waals surface area contributed by atoms with Crippen LogP contribution in [0.5, 0.6) is 0 Å². The minimum atomic E-state index is -0.193. The Morgan fingerprint density at radius 1 is 0.857 bits per heavy atom. The lowest BCUT2D eigenvalue weighted by Gasteiger charge is -2.02. The predicted molar refractivity (Wildman–Crippen MR) is 56.6 cm³/mol. The van der Waals surface area contributed by atoms with Crippen molar-refractivity contribution in [2.75, 3.05) is 0 Å². The molecule has 0 radical (unpaired) electrons. The minimum Gasteiger partial charge on any atom is -0.207 e. The van der Waals surface area contributed by atoms with E-state index < -0.39 is 0 Å². The van der Waals surface area contributed by atoms with E-state index in [9.17, 15) is 4.39 Å². The fourth-order valence-electron chi connectivity index (χ4n) is 1.47. The van der Waals surface area contributed by atoms with E-state index in [1.165, 1.54) is 17.7 Å². The quantitative estimate of drug-likeness (QED) is 0.635. The molecule has 0 bridgehead atoms. The largest absolute Gasteiger partial charge is 0.207 e. The number of hydrogen-bond donors (Lipinski definition) is 0. The fourth-order valence-corrected chi connectivity index (χ4v) is 1.47. The second-order valence-corrected chi connectivity index (χ2v) is 3.38. The molecule has 0 unspecified atom stereocenters. The van der Waals surface area contributed by atoms with Crippen LogP contribution in [0.1, 0.15) is 5.56 Å². The molecule has 70 valence electrons. The Bertz CT molecular complexity index is 429. The van der Waals surface area contributed by atoms with Gasteiger partial charge in [-0.3, -0.25) is 0 Å². The molecule has 14 heavy (non-hydrogen) atoms. The third kappa shape index (κ3) is 1.82. The molecule has 0 aliphatic carbocycles. The van der Waals surface area contributed by atoms with Gasteiger partial charge < -0.3 is 0 Å². The van der Waals surface area contributed by atoms with Crippen LogP contribution >= 0.6 is 0 Å². The topological polar surface area (TPSA) is 0 Å². The SMILES string of the molecule is Cc1cccc(-c2ccc(F)cc2)c1. The summed E-state index contributed by atoms with van der Waals surface area (Å²) in [4.78, 5) is 0. The summed E-state index contributed by atoms with van der Waals surface area (Å²) in [6.45, 7) is 2.05. The van der Waals surface area contributed by atoms with E-state index in [0.29, 0.717) is 0 Å². The molecule has 0 aromatic heterocycles. The van der Waals surface area contributed by atoms with E-state index in [2.05, 4.69) is 6.07 Å². The Morgan fingerprint density at radius 3 is 2.21 bits per heavy atom. The van der Waals surface area contributed by atoms with Gasteiger partial charge in [0.2, 0.25) is 0 Å². The van der Waals surface area contributed by atoms with Crippen LogP contribution in [0.4, 0.5) is 4.39 Å². The van der Waals surface area contributed by atoms with Gasteiger partial charge in [-0.2, -0.15) is 0 Å². The van der Waals surface area contributed by atoms with Crippen LogP contribution in [0.15, 0.2) is 48.5 Å². The highest BCUT2D eigenvalue weighted by Crippen LogP contribution is 2.20. The Kier molecular flexibility index (Phi) is 2.32. The highest BCUT2D eigenvalue weighted by molar-refractivity contribution is 5.63. The van der Waals surface area contributed by atoms with Gasteiger partial charge in [0.05, 0.1) is 0 Å². The van der Waals surface area contributed by atoms with E-state index >= 15 is 0 Å². The van der Waals surface area contributed by atoms with Gasteiger partial charge in [-0.25, -0.2) is 4.39 Å². The molecule has 0 saturated carbocycles. The number of aryl methyl sites for hydroxylation is 1. The summed E-state index contributed by atoms with van der Waals surface area (Å²) in [6, 6.07) is 14.7. The van der Waals surface area contributed by atoms with Gasteiger partial charge >= 0.3 is 0 Å². The molecule has 2 rings (SSSR count). The molecule has 0 aliphatic rings. The lowest BCUT2D eigenvalue weighted by Crippen LogP contribution is -1.79. The monoisotopic (exact) mass is 186 g/mol. The second-order valence-electron chi connectivity index (χ2n) is 3.38. The van der Waals surface area contributed by atoms with Gasteiger partial charge in [-0.05, 0) is 30.2 Å². The van der Waals surface area contributed by atoms with Gasteiger partial charge in [-0.15, -0.1) is 0 Å². The molecular weight excluding hydrogens is 175 g/mol. The first kappa shape index (κ1) is 8.95. The van der Waals surface area contributed by atoms with E-state index in [-0.39, 0.29) is 5.82 Å². The van der Waals surface area contributed by atoms with Gasteiger partial charge in [0, 0.05) is 0 Å². The fraction of sp³-hybridized carbons (Fsp3) is 0.0769. The van der Waals surface area contributed by atoms with Crippen molar-refractivity contribution in [2.24, 2.45) is 0 Å². The van der Waals surface area contributed by atoms with Crippen molar-refractivity contribution < 1.29 is 4.39 Å². The van der Waals surface area contributed by atoms with Crippen LogP contribution < -0.4 is 0 Å². The van der Waals surface area contributed by atoms with Crippen LogP contribution in [0, 0.1) is 12.7 Å². The van der Waals surface area contributed by atoms with Crippen molar-refractivity contribution in [3.05, 3.63) is 59.9 Å². The van der Waals surface area contributed by atoms with Crippen molar-refractivity contribution in [1.82, 2.24) is 0 Å². The zero-order chi connectivity index (χ0) is 9.97. The zero-order valence-corrected chi connectivity index (χ0v) is 8.00. The van der Waals surface area contributed by atoms with E-state index in [4.69, 9.17) is 0 Å². The molecule has 0 atom stereocenters. The van der Waals surface area contributed by atoms with Crippen LogP contribution in [0.2, 0.25) is 0 Å². The van der Waals surface area contributed by atoms with Crippen molar-refractivity contribution in [1.29, 1.82) is 0 Å². The third-order valence-electron chi connectivity index (χ3n) is 2.20. The molecule has 0 amide bonds. The molecule has 1 heteroatoms. The standard InChI is InChI=1S/C13H11F/c1-10-3-2-4-12(9-10)11-5-7-13(14)8-6-11/h2-9H,1H3. The molecule has 0 N–H and O–H groups in total. The molecule has 0 nitrogen and oxygen atoms in total. The lowest BCUT2D eigenvalue weighted by molar-refractivity contribution is 0.628. The summed E-state index contributed by atoms with van der Waals surface area (Å²) in [6.07, 6.45) is 0. The van der Waals surface area contributed by atoms with Gasteiger partial charge in [0.15, 0.2) is 0 Å². The second kappa shape index (κ2) is 3.62. The Labute approximate surface area is 83.0 Å². The molecule has 0 aliphatic heterocycles. The van der Waals surface area contributed by atoms with Crippen LogP contribution in [0.3, 0.4) is 0 Å². The molecule has 2 aromatic carbocycles. The first-order valence-corrected chi connectivity index (χ1v) is 4.58. The van der Waals surface area contributed by atoms with Crippen molar-refractivity contribution in [2.45, 2.75) is 6.92 Å². The Hall–Kier alpha value is -1.63. The van der Waals surface area contributed by atoms with Crippen LogP contribution in [-0.4, -0.2) is 0 Å². The summed E-state index contributed by atoms with van der Waals surface area (Å²) < 4.78 is 12.7. The Morgan fingerprint density at radius 2 is 1.57 bits per heavy atom. The van der Waals surface area contributed by atoms with Gasteiger partial charge in [0.1, 0.15) is 5.82 Å². The molecule has 0 fully saturated rings. The normalized spacial score (nSPS) is 10.1. The summed E-state index contributed by atoms with van der Waals surface area (Å²) >= 11 is 0. The summed E-state index contributed by atoms with van der Waals surface area (Å²) in [7, 11) is 0. The predicted octanol–water partition coefficient (Wildman–Crippen LogP) is 3.80. The van der Waals surface area contributed by atoms with Crippen molar-refractivity contribution >= 4 is 0 Å². The number of benzene rings is 2. The maximum atomic E-state index is 12.7. The van der Waals surface area contributed by atoms with E-state index in [1.54, 1.807) is 12.1 Å². The summed E-state index contributed by atoms with van der Waals surface area (Å²) in [5.41, 5.74) is 3.40. The zero-order valence-electron chi connectivity index (χ0n) is 8.00. The van der Waals surface area contributed by atoms with E-state index in [1.807, 2.05) is 25.1 Å². The molecular formula is C13H11F.